The van der Waals surface area contributed by atoms with Crippen molar-refractivity contribution in [1.82, 2.24) is 4.90 Å². The number of hydrogen-bond donors (Lipinski definition) is 0. The number of carbonyl (C=O) groups excluding carboxylic acids is 1. The number of amides is 1. The summed E-state index contributed by atoms with van der Waals surface area (Å²) in [6.07, 6.45) is 8.94. The van der Waals surface area contributed by atoms with Crippen molar-refractivity contribution in [3.63, 3.8) is 0 Å². The lowest BCUT2D eigenvalue weighted by atomic mass is 9.82. The number of rotatable bonds is 1. The van der Waals surface area contributed by atoms with Gasteiger partial charge in [-0.25, -0.2) is 0 Å². The molecule has 2 fully saturated rings. The number of nitrogens with zero attached hydrogens (tertiary/aromatic N) is 1. The molecule has 0 N–H and O–H groups in total. The Balaban J connectivity index is 1.95. The summed E-state index contributed by atoms with van der Waals surface area (Å²) in [4.78, 5) is 13.7. The molecule has 2 rings (SSSR count). The van der Waals surface area contributed by atoms with Crippen molar-refractivity contribution in [2.75, 3.05) is 13.1 Å². The Morgan fingerprint density at radius 2 is 1.79 bits per heavy atom. The van der Waals surface area contributed by atoms with Crippen LogP contribution in [-0.2, 0) is 4.79 Å². The van der Waals surface area contributed by atoms with Crippen molar-refractivity contribution < 1.29 is 4.79 Å². The molecule has 0 radical (unpaired) electrons. The summed E-state index contributed by atoms with van der Waals surface area (Å²) < 4.78 is 0. The molecule has 1 aliphatic heterocycles. The molecule has 1 aliphatic carbocycles. The van der Waals surface area contributed by atoms with Gasteiger partial charge in [-0.1, -0.05) is 18.9 Å². The Bertz CT molecular complexity index is 233. The fourth-order valence-corrected chi connectivity index (χ4v) is 2.83. The highest BCUT2D eigenvalue weighted by molar-refractivity contribution is 5.87. The molecule has 1 amide bonds. The van der Waals surface area contributed by atoms with E-state index < -0.39 is 0 Å². The molecule has 0 aromatic rings. The summed E-state index contributed by atoms with van der Waals surface area (Å²) in [5.41, 5.74) is 0. The zero-order valence-corrected chi connectivity index (χ0v) is 8.91. The number of carbonyl (C=O) groups is 1. The van der Waals surface area contributed by atoms with Crippen LogP contribution in [0.25, 0.3) is 0 Å². The van der Waals surface area contributed by atoms with Gasteiger partial charge in [0.2, 0.25) is 5.91 Å². The highest BCUT2D eigenvalue weighted by atomic mass is 16.2. The molecule has 78 valence electrons. The van der Waals surface area contributed by atoms with Crippen LogP contribution in [0.2, 0.25) is 0 Å². The average molecular weight is 193 g/mol. The second-order valence-electron chi connectivity index (χ2n) is 4.55. The standard InChI is InChI=1S/C12H19NO/c1-2-5-12(14)13-8-10-6-3-4-7-11(10)9-13/h2,5,10-11H,3-4,6-9H2,1H3/b5-2+/t10-,11+. The van der Waals surface area contributed by atoms with Gasteiger partial charge in [0, 0.05) is 13.1 Å². The second-order valence-corrected chi connectivity index (χ2v) is 4.55. The van der Waals surface area contributed by atoms with Crippen LogP contribution in [0.1, 0.15) is 32.6 Å². The van der Waals surface area contributed by atoms with Gasteiger partial charge in [0.1, 0.15) is 0 Å². The Labute approximate surface area is 86.0 Å². The first-order valence-electron chi connectivity index (χ1n) is 5.73. The maximum Gasteiger partial charge on any atom is 0.246 e. The molecular formula is C12H19NO. The molecule has 0 spiro atoms. The molecule has 0 bridgehead atoms. The first kappa shape index (κ1) is 9.75. The Morgan fingerprint density at radius 3 is 2.29 bits per heavy atom. The predicted molar refractivity (Wildman–Crippen MR) is 56.8 cm³/mol. The van der Waals surface area contributed by atoms with Crippen LogP contribution in [0, 0.1) is 11.8 Å². The molecule has 0 unspecified atom stereocenters. The van der Waals surface area contributed by atoms with Crippen LogP contribution in [0.3, 0.4) is 0 Å². The van der Waals surface area contributed by atoms with Crippen molar-refractivity contribution in [3.05, 3.63) is 12.2 Å². The molecular weight excluding hydrogens is 174 g/mol. The van der Waals surface area contributed by atoms with E-state index in [9.17, 15) is 4.79 Å². The van der Waals surface area contributed by atoms with Crippen LogP contribution in [0.15, 0.2) is 12.2 Å². The lowest BCUT2D eigenvalue weighted by Crippen LogP contribution is -2.27. The van der Waals surface area contributed by atoms with Gasteiger partial charge in [0.25, 0.3) is 0 Å². The molecule has 14 heavy (non-hydrogen) atoms. The van der Waals surface area contributed by atoms with Gasteiger partial charge >= 0.3 is 0 Å². The van der Waals surface area contributed by atoms with E-state index in [-0.39, 0.29) is 5.91 Å². The van der Waals surface area contributed by atoms with Gasteiger partial charge in [0.05, 0.1) is 0 Å². The third kappa shape index (κ3) is 1.84. The zero-order chi connectivity index (χ0) is 9.97. The average Bonchev–Trinajstić information content (AvgIpc) is 2.61. The van der Waals surface area contributed by atoms with Crippen molar-refractivity contribution >= 4 is 5.91 Å². The Morgan fingerprint density at radius 1 is 1.21 bits per heavy atom. The molecule has 2 heteroatoms. The maximum atomic E-state index is 11.6. The van der Waals surface area contributed by atoms with Crippen molar-refractivity contribution in [2.24, 2.45) is 11.8 Å². The minimum atomic E-state index is 0.210. The van der Waals surface area contributed by atoms with Crippen LogP contribution in [-0.4, -0.2) is 23.9 Å². The zero-order valence-electron chi connectivity index (χ0n) is 8.91. The van der Waals surface area contributed by atoms with E-state index in [1.807, 2.05) is 17.9 Å². The minimum Gasteiger partial charge on any atom is -0.339 e. The lowest BCUT2D eigenvalue weighted by molar-refractivity contribution is -0.125. The number of fused-ring (bicyclic) bond motifs is 1. The molecule has 1 saturated carbocycles. The summed E-state index contributed by atoms with van der Waals surface area (Å²) in [6.45, 7) is 3.92. The summed E-state index contributed by atoms with van der Waals surface area (Å²) in [5, 5.41) is 0. The fraction of sp³-hybridized carbons (Fsp3) is 0.750. The van der Waals surface area contributed by atoms with Crippen molar-refractivity contribution in [2.45, 2.75) is 32.6 Å². The fourth-order valence-electron chi connectivity index (χ4n) is 2.83. The molecule has 1 saturated heterocycles. The summed E-state index contributed by atoms with van der Waals surface area (Å²) >= 11 is 0. The van der Waals surface area contributed by atoms with E-state index in [2.05, 4.69) is 0 Å². The van der Waals surface area contributed by atoms with Crippen molar-refractivity contribution in [1.29, 1.82) is 0 Å². The van der Waals surface area contributed by atoms with E-state index in [0.717, 1.165) is 24.9 Å². The van der Waals surface area contributed by atoms with Gasteiger partial charge < -0.3 is 4.90 Å². The molecule has 0 aromatic heterocycles. The summed E-state index contributed by atoms with van der Waals surface area (Å²) in [6, 6.07) is 0. The van der Waals surface area contributed by atoms with E-state index in [0.29, 0.717) is 0 Å². The normalized spacial score (nSPS) is 32.2. The molecule has 2 nitrogen and oxygen atoms in total. The molecule has 2 atom stereocenters. The molecule has 2 aliphatic rings. The molecule has 1 heterocycles. The smallest absolute Gasteiger partial charge is 0.246 e. The van der Waals surface area contributed by atoms with Crippen LogP contribution in [0.5, 0.6) is 0 Å². The maximum absolute atomic E-state index is 11.6. The third-order valence-electron chi connectivity index (χ3n) is 3.60. The van der Waals surface area contributed by atoms with Crippen LogP contribution >= 0.6 is 0 Å². The Hall–Kier alpha value is -0.790. The molecule has 0 aromatic carbocycles. The van der Waals surface area contributed by atoms with E-state index in [4.69, 9.17) is 0 Å². The van der Waals surface area contributed by atoms with Crippen molar-refractivity contribution in [3.8, 4) is 0 Å². The SMILES string of the molecule is C/C=C/C(=O)N1C[C@H]2CCCC[C@H]2C1. The second kappa shape index (κ2) is 4.16. The number of likely N-dealkylation sites (tertiary alicyclic amines) is 1. The quantitative estimate of drug-likeness (QED) is 0.585. The summed E-state index contributed by atoms with van der Waals surface area (Å²) in [5.74, 6) is 1.82. The van der Waals surface area contributed by atoms with Gasteiger partial charge in [-0.2, -0.15) is 0 Å². The minimum absolute atomic E-state index is 0.210. The van der Waals surface area contributed by atoms with E-state index in [1.165, 1.54) is 25.7 Å². The van der Waals surface area contributed by atoms with Crippen LogP contribution in [0.4, 0.5) is 0 Å². The predicted octanol–water partition coefficient (Wildman–Crippen LogP) is 2.21. The topological polar surface area (TPSA) is 20.3 Å². The monoisotopic (exact) mass is 193 g/mol. The lowest BCUT2D eigenvalue weighted by Gasteiger charge is -2.22. The van der Waals surface area contributed by atoms with Gasteiger partial charge in [-0.05, 0) is 37.7 Å². The summed E-state index contributed by atoms with van der Waals surface area (Å²) in [7, 11) is 0. The van der Waals surface area contributed by atoms with Gasteiger partial charge in [-0.15, -0.1) is 0 Å². The number of hydrogen-bond acceptors (Lipinski definition) is 1. The van der Waals surface area contributed by atoms with Gasteiger partial charge in [0.15, 0.2) is 0 Å². The third-order valence-corrected chi connectivity index (χ3v) is 3.60. The number of allylic oxidation sites excluding steroid dienone is 1. The first-order valence-corrected chi connectivity index (χ1v) is 5.73. The Kier molecular flexibility index (Phi) is 2.90. The highest BCUT2D eigenvalue weighted by Gasteiger charge is 2.35. The first-order chi connectivity index (χ1) is 6.81. The van der Waals surface area contributed by atoms with E-state index in [1.54, 1.807) is 6.08 Å². The largest absolute Gasteiger partial charge is 0.339 e. The van der Waals surface area contributed by atoms with E-state index >= 15 is 0 Å². The highest BCUT2D eigenvalue weighted by Crippen LogP contribution is 2.35. The van der Waals surface area contributed by atoms with Crippen LogP contribution < -0.4 is 0 Å². The van der Waals surface area contributed by atoms with Gasteiger partial charge in [-0.3, -0.25) is 4.79 Å².